The molecular weight excluding hydrogens is 294 g/mol. The number of esters is 1. The smallest absolute Gasteiger partial charge is 0.337 e. The molecule has 0 aliphatic heterocycles. The van der Waals surface area contributed by atoms with Gasteiger partial charge in [0.15, 0.2) is 0 Å². The predicted octanol–water partition coefficient (Wildman–Crippen LogP) is 1.51. The molecule has 19 heavy (non-hydrogen) atoms. The minimum Gasteiger partial charge on any atom is -0.465 e. The number of ether oxygens (including phenoxy) is 2. The summed E-state index contributed by atoms with van der Waals surface area (Å²) in [6.07, 6.45) is 0. The highest BCUT2D eigenvalue weighted by Gasteiger charge is 2.14. The molecule has 8 heteroatoms. The van der Waals surface area contributed by atoms with Crippen LogP contribution < -0.4 is 4.72 Å². The molecule has 0 aromatic heterocycles. The molecule has 0 saturated heterocycles. The lowest BCUT2D eigenvalue weighted by Gasteiger charge is -2.10. The normalized spacial score (nSPS) is 11.1. The van der Waals surface area contributed by atoms with Crippen LogP contribution in [0.1, 0.15) is 10.4 Å². The molecule has 0 unspecified atom stereocenters. The number of carbonyl (C=O) groups is 1. The standard InChI is InChI=1S/C11H14ClNO5S/c1-17-5-6-19(15,16)13-10-7-8(11(14)18-2)3-4-9(10)12/h3-4,7,13H,5-6H2,1-2H3. The van der Waals surface area contributed by atoms with Crippen molar-refractivity contribution in [2.24, 2.45) is 0 Å². The first-order valence-electron chi connectivity index (χ1n) is 5.27. The van der Waals surface area contributed by atoms with Gasteiger partial charge in [-0.25, -0.2) is 13.2 Å². The Labute approximate surface area is 116 Å². The van der Waals surface area contributed by atoms with E-state index in [0.717, 1.165) is 0 Å². The van der Waals surface area contributed by atoms with E-state index in [0.29, 0.717) is 0 Å². The zero-order valence-electron chi connectivity index (χ0n) is 10.5. The molecule has 1 rings (SSSR count). The Hall–Kier alpha value is -1.31. The fraction of sp³-hybridized carbons (Fsp3) is 0.364. The van der Waals surface area contributed by atoms with Gasteiger partial charge in [-0.2, -0.15) is 0 Å². The van der Waals surface area contributed by atoms with Crippen molar-refractivity contribution in [3.63, 3.8) is 0 Å². The van der Waals surface area contributed by atoms with Gasteiger partial charge in [0.1, 0.15) is 0 Å². The van der Waals surface area contributed by atoms with Crippen LogP contribution in [0.2, 0.25) is 5.02 Å². The first kappa shape index (κ1) is 15.7. The van der Waals surface area contributed by atoms with E-state index in [9.17, 15) is 13.2 Å². The van der Waals surface area contributed by atoms with Crippen LogP contribution in [-0.2, 0) is 19.5 Å². The molecule has 0 radical (unpaired) electrons. The van der Waals surface area contributed by atoms with E-state index < -0.39 is 16.0 Å². The van der Waals surface area contributed by atoms with E-state index in [1.165, 1.54) is 32.4 Å². The summed E-state index contributed by atoms with van der Waals surface area (Å²) in [6.45, 7) is 0.0592. The minimum atomic E-state index is -3.58. The van der Waals surface area contributed by atoms with Crippen LogP contribution in [0.15, 0.2) is 18.2 Å². The summed E-state index contributed by atoms with van der Waals surface area (Å²) in [5, 5.41) is 0.189. The quantitative estimate of drug-likeness (QED) is 0.806. The topological polar surface area (TPSA) is 81.7 Å². The maximum Gasteiger partial charge on any atom is 0.337 e. The van der Waals surface area contributed by atoms with Crippen molar-refractivity contribution in [2.45, 2.75) is 0 Å². The second-order valence-electron chi connectivity index (χ2n) is 3.60. The van der Waals surface area contributed by atoms with E-state index in [1.54, 1.807) is 0 Å². The Balaban J connectivity index is 2.97. The second kappa shape index (κ2) is 6.74. The fourth-order valence-corrected chi connectivity index (χ4v) is 2.47. The van der Waals surface area contributed by atoms with Crippen molar-refractivity contribution >= 4 is 33.3 Å². The maximum atomic E-state index is 11.7. The van der Waals surface area contributed by atoms with Crippen molar-refractivity contribution in [1.29, 1.82) is 0 Å². The van der Waals surface area contributed by atoms with Gasteiger partial charge in [-0.05, 0) is 18.2 Å². The number of hydrogen-bond acceptors (Lipinski definition) is 5. The van der Waals surface area contributed by atoms with Gasteiger partial charge in [0.05, 0.1) is 35.7 Å². The molecular formula is C11H14ClNO5S. The number of hydrogen-bond donors (Lipinski definition) is 1. The minimum absolute atomic E-state index is 0.0592. The molecule has 6 nitrogen and oxygen atoms in total. The van der Waals surface area contributed by atoms with Gasteiger partial charge in [0.25, 0.3) is 0 Å². The molecule has 0 spiro atoms. The third kappa shape index (κ3) is 4.70. The molecule has 1 aromatic rings. The first-order chi connectivity index (χ1) is 8.89. The number of rotatable bonds is 6. The summed E-state index contributed by atoms with van der Waals surface area (Å²) in [7, 11) is -0.941. The van der Waals surface area contributed by atoms with Gasteiger partial charge in [-0.15, -0.1) is 0 Å². The average molecular weight is 308 g/mol. The highest BCUT2D eigenvalue weighted by atomic mass is 35.5. The molecule has 0 heterocycles. The van der Waals surface area contributed by atoms with Crippen LogP contribution in [-0.4, -0.2) is 41.0 Å². The number of nitrogens with one attached hydrogen (secondary N) is 1. The molecule has 1 aromatic carbocycles. The Morgan fingerprint density at radius 2 is 2.05 bits per heavy atom. The third-order valence-electron chi connectivity index (χ3n) is 2.21. The van der Waals surface area contributed by atoms with E-state index in [4.69, 9.17) is 16.3 Å². The number of anilines is 1. The zero-order chi connectivity index (χ0) is 14.5. The summed E-state index contributed by atoms with van der Waals surface area (Å²) in [5.74, 6) is -0.781. The zero-order valence-corrected chi connectivity index (χ0v) is 12.0. The van der Waals surface area contributed by atoms with Crippen molar-refractivity contribution in [3.8, 4) is 0 Å². The van der Waals surface area contributed by atoms with Crippen molar-refractivity contribution in [1.82, 2.24) is 0 Å². The molecule has 0 aliphatic rings. The Morgan fingerprint density at radius 3 is 2.63 bits per heavy atom. The van der Waals surface area contributed by atoms with Gasteiger partial charge < -0.3 is 9.47 Å². The first-order valence-corrected chi connectivity index (χ1v) is 7.30. The SMILES string of the molecule is COCCS(=O)(=O)Nc1cc(C(=O)OC)ccc1Cl. The van der Waals surface area contributed by atoms with E-state index >= 15 is 0 Å². The highest BCUT2D eigenvalue weighted by molar-refractivity contribution is 7.92. The molecule has 0 saturated carbocycles. The molecule has 0 amide bonds. The van der Waals surface area contributed by atoms with Gasteiger partial charge in [0.2, 0.25) is 10.0 Å². The van der Waals surface area contributed by atoms with Crippen LogP contribution in [0.3, 0.4) is 0 Å². The highest BCUT2D eigenvalue weighted by Crippen LogP contribution is 2.24. The van der Waals surface area contributed by atoms with Gasteiger partial charge >= 0.3 is 5.97 Å². The van der Waals surface area contributed by atoms with Crippen molar-refractivity contribution in [3.05, 3.63) is 28.8 Å². The molecule has 106 valence electrons. The van der Waals surface area contributed by atoms with Gasteiger partial charge in [0, 0.05) is 7.11 Å². The molecule has 0 atom stereocenters. The molecule has 0 bridgehead atoms. The monoisotopic (exact) mass is 307 g/mol. The lowest BCUT2D eigenvalue weighted by Crippen LogP contribution is -2.20. The summed E-state index contributed by atoms with van der Waals surface area (Å²) < 4.78 is 34.9. The largest absolute Gasteiger partial charge is 0.465 e. The average Bonchev–Trinajstić information content (AvgIpc) is 2.38. The number of halogens is 1. The van der Waals surface area contributed by atoms with Crippen LogP contribution in [0.4, 0.5) is 5.69 Å². The number of sulfonamides is 1. The number of benzene rings is 1. The van der Waals surface area contributed by atoms with Gasteiger partial charge in [-0.1, -0.05) is 11.6 Å². The van der Waals surface area contributed by atoms with Crippen LogP contribution in [0.5, 0.6) is 0 Å². The van der Waals surface area contributed by atoms with Crippen molar-refractivity contribution in [2.75, 3.05) is 31.3 Å². The van der Waals surface area contributed by atoms with E-state index in [2.05, 4.69) is 9.46 Å². The maximum absolute atomic E-state index is 11.7. The van der Waals surface area contributed by atoms with Crippen LogP contribution >= 0.6 is 11.6 Å². The Bertz CT molecular complexity index is 558. The Kier molecular flexibility index (Phi) is 5.59. The number of methoxy groups -OCH3 is 2. The van der Waals surface area contributed by atoms with Gasteiger partial charge in [-0.3, -0.25) is 4.72 Å². The van der Waals surface area contributed by atoms with Crippen molar-refractivity contribution < 1.29 is 22.7 Å². The predicted molar refractivity (Wildman–Crippen MR) is 72.1 cm³/mol. The van der Waals surface area contributed by atoms with Crippen LogP contribution in [0.25, 0.3) is 0 Å². The van der Waals surface area contributed by atoms with Crippen LogP contribution in [0, 0.1) is 0 Å². The second-order valence-corrected chi connectivity index (χ2v) is 5.85. The Morgan fingerprint density at radius 1 is 1.37 bits per heavy atom. The summed E-state index contributed by atoms with van der Waals surface area (Å²) in [4.78, 5) is 11.4. The van der Waals surface area contributed by atoms with E-state index in [1.807, 2.05) is 0 Å². The van der Waals surface area contributed by atoms with E-state index in [-0.39, 0.29) is 28.6 Å². The third-order valence-corrected chi connectivity index (χ3v) is 3.77. The lowest BCUT2D eigenvalue weighted by molar-refractivity contribution is 0.0601. The molecule has 0 fully saturated rings. The lowest BCUT2D eigenvalue weighted by atomic mass is 10.2. The molecule has 1 N–H and O–H groups in total. The summed E-state index contributed by atoms with van der Waals surface area (Å²) >= 11 is 5.87. The summed E-state index contributed by atoms with van der Waals surface area (Å²) in [5.41, 5.74) is 0.331. The molecule has 0 aliphatic carbocycles. The fourth-order valence-electron chi connectivity index (χ4n) is 1.26. The number of carbonyl (C=O) groups excluding carboxylic acids is 1. The summed E-state index contributed by atoms with van der Waals surface area (Å²) in [6, 6.07) is 4.18.